The van der Waals surface area contributed by atoms with E-state index in [2.05, 4.69) is 10.6 Å². The fraction of sp³-hybridized carbons (Fsp3) is 0.125. The van der Waals surface area contributed by atoms with Gasteiger partial charge in [0.05, 0.1) is 0 Å². The van der Waals surface area contributed by atoms with E-state index in [0.29, 0.717) is 11.1 Å². The number of nitrogens with one attached hydrogen (secondary N) is 2. The van der Waals surface area contributed by atoms with Crippen LogP contribution in [-0.2, 0) is 0 Å². The van der Waals surface area contributed by atoms with Gasteiger partial charge in [-0.15, -0.1) is 0 Å². The van der Waals surface area contributed by atoms with E-state index < -0.39 is 12.1 Å². The van der Waals surface area contributed by atoms with E-state index in [1.165, 1.54) is 0 Å². The summed E-state index contributed by atoms with van der Waals surface area (Å²) in [6.45, 7) is 0. The molecule has 0 amide bonds. The maximum atomic E-state index is 12.4. The van der Waals surface area contributed by atoms with Crippen molar-refractivity contribution in [2.75, 3.05) is 10.6 Å². The minimum Gasteiger partial charge on any atom is -0.372 e. The minimum absolute atomic E-state index is 0.0285. The van der Waals surface area contributed by atoms with Gasteiger partial charge in [-0.1, -0.05) is 24.3 Å². The molecule has 2 atom stereocenters. The Morgan fingerprint density at radius 2 is 1.05 bits per heavy atom. The number of hydrogen-bond donors (Lipinski definition) is 2. The highest BCUT2D eigenvalue weighted by Crippen LogP contribution is 2.33. The van der Waals surface area contributed by atoms with Crippen molar-refractivity contribution in [3.05, 3.63) is 59.7 Å². The lowest BCUT2D eigenvalue weighted by Crippen LogP contribution is -2.43. The molecule has 0 radical (unpaired) electrons. The van der Waals surface area contributed by atoms with Crippen LogP contribution in [0.2, 0.25) is 0 Å². The van der Waals surface area contributed by atoms with Crippen LogP contribution in [0.15, 0.2) is 48.5 Å². The molecule has 2 aromatic carbocycles. The second kappa shape index (κ2) is 3.93. The number of para-hydroxylation sites is 2. The number of hydrogen-bond acceptors (Lipinski definition) is 4. The lowest BCUT2D eigenvalue weighted by Gasteiger charge is -2.17. The first-order valence-corrected chi connectivity index (χ1v) is 6.55. The van der Waals surface area contributed by atoms with E-state index in [1.807, 2.05) is 36.4 Å². The van der Waals surface area contributed by atoms with Gasteiger partial charge in [0.2, 0.25) is 0 Å². The van der Waals surface area contributed by atoms with Crippen LogP contribution in [0.4, 0.5) is 11.4 Å². The average Bonchev–Trinajstić information content (AvgIpc) is 2.98. The van der Waals surface area contributed by atoms with Crippen LogP contribution in [-0.4, -0.2) is 23.7 Å². The average molecular weight is 264 g/mol. The van der Waals surface area contributed by atoms with Gasteiger partial charge in [-0.2, -0.15) is 0 Å². The number of carbonyl (C=O) groups excluding carboxylic acids is 2. The van der Waals surface area contributed by atoms with Crippen molar-refractivity contribution in [3.63, 3.8) is 0 Å². The summed E-state index contributed by atoms with van der Waals surface area (Å²) in [6, 6.07) is 13.6. The summed E-state index contributed by atoms with van der Waals surface area (Å²) in [5.74, 6) is -0.0569. The quantitative estimate of drug-likeness (QED) is 0.830. The van der Waals surface area contributed by atoms with E-state index in [0.717, 1.165) is 11.4 Å². The number of ketones is 2. The predicted molar refractivity (Wildman–Crippen MR) is 76.4 cm³/mol. The van der Waals surface area contributed by atoms with Crippen LogP contribution in [0.3, 0.4) is 0 Å². The Morgan fingerprint density at radius 1 is 0.650 bits per heavy atom. The molecule has 2 heterocycles. The molecule has 98 valence electrons. The van der Waals surface area contributed by atoms with E-state index in [9.17, 15) is 9.59 Å². The standard InChI is InChI=1S/C16H12N2O2/c19-15-9-5-1-3-7-11(9)17-13(15)14-16(20)10-6-2-4-8-12(10)18-14/h1-8,13-14,17-18H. The summed E-state index contributed by atoms with van der Waals surface area (Å²) >= 11 is 0. The monoisotopic (exact) mass is 264 g/mol. The molecule has 4 rings (SSSR count). The molecule has 0 bridgehead atoms. The van der Waals surface area contributed by atoms with Crippen molar-refractivity contribution in [1.82, 2.24) is 0 Å². The van der Waals surface area contributed by atoms with Gasteiger partial charge in [-0.05, 0) is 24.3 Å². The fourth-order valence-corrected chi connectivity index (χ4v) is 2.92. The Kier molecular flexibility index (Phi) is 2.21. The molecule has 4 heteroatoms. The SMILES string of the molecule is O=C1c2ccccc2NC1C1Nc2ccccc2C1=O. The second-order valence-electron chi connectivity index (χ2n) is 5.06. The molecule has 0 aliphatic carbocycles. The van der Waals surface area contributed by atoms with Crippen LogP contribution >= 0.6 is 0 Å². The van der Waals surface area contributed by atoms with Gasteiger partial charge in [-0.3, -0.25) is 9.59 Å². The smallest absolute Gasteiger partial charge is 0.189 e. The number of Topliss-reactive ketones (excluding diaryl/α,β-unsaturated/α-hetero) is 2. The highest BCUT2D eigenvalue weighted by Gasteiger charge is 2.43. The number of benzene rings is 2. The molecule has 0 saturated heterocycles. The van der Waals surface area contributed by atoms with E-state index in [1.54, 1.807) is 12.1 Å². The van der Waals surface area contributed by atoms with Crippen molar-refractivity contribution in [2.45, 2.75) is 12.1 Å². The Labute approximate surface area is 115 Å². The van der Waals surface area contributed by atoms with E-state index in [-0.39, 0.29) is 11.6 Å². The van der Waals surface area contributed by atoms with Crippen LogP contribution in [0.25, 0.3) is 0 Å². The van der Waals surface area contributed by atoms with Crippen molar-refractivity contribution in [3.8, 4) is 0 Å². The molecule has 0 saturated carbocycles. The summed E-state index contributed by atoms with van der Waals surface area (Å²) in [5, 5.41) is 6.32. The maximum absolute atomic E-state index is 12.4. The van der Waals surface area contributed by atoms with Gasteiger partial charge in [0.25, 0.3) is 0 Å². The molecule has 0 aromatic heterocycles. The largest absolute Gasteiger partial charge is 0.372 e. The first-order valence-electron chi connectivity index (χ1n) is 6.55. The normalized spacial score (nSPS) is 23.0. The maximum Gasteiger partial charge on any atom is 0.189 e. The number of fused-ring (bicyclic) bond motifs is 2. The van der Waals surface area contributed by atoms with Gasteiger partial charge in [0, 0.05) is 22.5 Å². The Balaban J connectivity index is 1.69. The zero-order chi connectivity index (χ0) is 13.7. The molecule has 2 N–H and O–H groups in total. The Bertz CT molecular complexity index is 675. The second-order valence-corrected chi connectivity index (χ2v) is 5.06. The minimum atomic E-state index is -0.535. The predicted octanol–water partition coefficient (Wildman–Crippen LogP) is 2.34. The molecular formula is C16H12N2O2. The van der Waals surface area contributed by atoms with Gasteiger partial charge >= 0.3 is 0 Å². The highest BCUT2D eigenvalue weighted by molar-refractivity contribution is 6.18. The first-order chi connectivity index (χ1) is 9.75. The van der Waals surface area contributed by atoms with Crippen molar-refractivity contribution in [2.24, 2.45) is 0 Å². The van der Waals surface area contributed by atoms with Crippen molar-refractivity contribution < 1.29 is 9.59 Å². The molecule has 0 fully saturated rings. The lowest BCUT2D eigenvalue weighted by molar-refractivity contribution is 0.0905. The van der Waals surface area contributed by atoms with Crippen LogP contribution in [0.1, 0.15) is 20.7 Å². The summed E-state index contributed by atoms with van der Waals surface area (Å²) in [5.41, 5.74) is 2.91. The van der Waals surface area contributed by atoms with Gasteiger partial charge in [0.1, 0.15) is 12.1 Å². The molecule has 2 unspecified atom stereocenters. The third-order valence-electron chi connectivity index (χ3n) is 3.91. The lowest BCUT2D eigenvalue weighted by atomic mass is 9.98. The summed E-state index contributed by atoms with van der Waals surface area (Å²) in [4.78, 5) is 24.9. The number of anilines is 2. The molecule has 0 spiro atoms. The molecule has 4 nitrogen and oxygen atoms in total. The van der Waals surface area contributed by atoms with Crippen LogP contribution in [0.5, 0.6) is 0 Å². The zero-order valence-corrected chi connectivity index (χ0v) is 10.6. The molecule has 2 aromatic rings. The van der Waals surface area contributed by atoms with Gasteiger partial charge in [0.15, 0.2) is 11.6 Å². The summed E-state index contributed by atoms with van der Waals surface area (Å²) in [6.07, 6.45) is 0. The number of rotatable bonds is 1. The third kappa shape index (κ3) is 1.42. The Morgan fingerprint density at radius 3 is 1.45 bits per heavy atom. The number of carbonyl (C=O) groups is 2. The third-order valence-corrected chi connectivity index (χ3v) is 3.91. The van der Waals surface area contributed by atoms with Crippen molar-refractivity contribution >= 4 is 22.9 Å². The van der Waals surface area contributed by atoms with Crippen molar-refractivity contribution in [1.29, 1.82) is 0 Å². The molecular weight excluding hydrogens is 252 g/mol. The Hall–Kier alpha value is -2.62. The fourth-order valence-electron chi connectivity index (χ4n) is 2.92. The first kappa shape index (κ1) is 11.2. The van der Waals surface area contributed by atoms with Crippen LogP contribution < -0.4 is 10.6 Å². The highest BCUT2D eigenvalue weighted by atomic mass is 16.1. The summed E-state index contributed by atoms with van der Waals surface area (Å²) < 4.78 is 0. The van der Waals surface area contributed by atoms with Gasteiger partial charge < -0.3 is 10.6 Å². The molecule has 2 aliphatic rings. The topological polar surface area (TPSA) is 58.2 Å². The van der Waals surface area contributed by atoms with Gasteiger partial charge in [-0.25, -0.2) is 0 Å². The van der Waals surface area contributed by atoms with Crippen LogP contribution in [0, 0.1) is 0 Å². The van der Waals surface area contributed by atoms with E-state index >= 15 is 0 Å². The zero-order valence-electron chi connectivity index (χ0n) is 10.6. The van der Waals surface area contributed by atoms with E-state index in [4.69, 9.17) is 0 Å². The molecule has 2 aliphatic heterocycles. The summed E-state index contributed by atoms with van der Waals surface area (Å²) in [7, 11) is 0. The molecule has 20 heavy (non-hydrogen) atoms.